The van der Waals surface area contributed by atoms with Gasteiger partial charge in [0.2, 0.25) is 5.91 Å². The summed E-state index contributed by atoms with van der Waals surface area (Å²) in [7, 11) is -4.37. The van der Waals surface area contributed by atoms with Crippen LogP contribution in [0.1, 0.15) is 162 Å². The summed E-state index contributed by atoms with van der Waals surface area (Å²) in [5.41, 5.74) is 0. The molecule has 2 atom stereocenters. The molecule has 0 aliphatic rings. The third kappa shape index (κ3) is 38.5. The van der Waals surface area contributed by atoms with Gasteiger partial charge in [-0.05, 0) is 89.9 Å². The van der Waals surface area contributed by atoms with E-state index in [1.165, 1.54) is 51.0 Å². The molecular formula is C45H75NO5S. The first kappa shape index (κ1) is 49.3. The molecule has 0 fully saturated rings. The zero-order valence-electron chi connectivity index (χ0n) is 32.9. The van der Waals surface area contributed by atoms with Crippen molar-refractivity contribution in [2.45, 2.75) is 174 Å². The van der Waals surface area contributed by atoms with Crippen LogP contribution in [0.2, 0.25) is 0 Å². The van der Waals surface area contributed by atoms with Crippen molar-refractivity contribution >= 4 is 16.0 Å². The van der Waals surface area contributed by atoms with Gasteiger partial charge in [0.1, 0.15) is 0 Å². The highest BCUT2D eigenvalue weighted by Crippen LogP contribution is 2.11. The van der Waals surface area contributed by atoms with Crippen LogP contribution in [0.25, 0.3) is 0 Å². The van der Waals surface area contributed by atoms with Gasteiger partial charge >= 0.3 is 0 Å². The Balaban J connectivity index is 4.02. The molecule has 0 heterocycles. The number of amides is 1. The molecule has 3 N–H and O–H groups in total. The second kappa shape index (κ2) is 38.0. The number of hydrogen-bond donors (Lipinski definition) is 3. The van der Waals surface area contributed by atoms with Crippen LogP contribution in [0, 0.1) is 0 Å². The molecule has 0 bridgehead atoms. The second-order valence-corrected chi connectivity index (χ2v) is 15.0. The fourth-order valence-electron chi connectivity index (χ4n) is 5.45. The highest BCUT2D eigenvalue weighted by molar-refractivity contribution is 7.85. The topological polar surface area (TPSA) is 104 Å². The molecule has 0 spiro atoms. The summed E-state index contributed by atoms with van der Waals surface area (Å²) < 4.78 is 32.5. The summed E-state index contributed by atoms with van der Waals surface area (Å²) in [6.45, 7) is 4.37. The summed E-state index contributed by atoms with van der Waals surface area (Å²) in [4.78, 5) is 12.5. The Kier molecular flexibility index (Phi) is 36.0. The Morgan fingerprint density at radius 3 is 1.44 bits per heavy atom. The number of aliphatic hydroxyl groups is 1. The molecule has 52 heavy (non-hydrogen) atoms. The highest BCUT2D eigenvalue weighted by Gasteiger charge is 2.24. The van der Waals surface area contributed by atoms with Gasteiger partial charge in [-0.3, -0.25) is 9.35 Å². The highest BCUT2D eigenvalue weighted by atomic mass is 32.2. The summed E-state index contributed by atoms with van der Waals surface area (Å²) >= 11 is 0. The van der Waals surface area contributed by atoms with E-state index in [0.717, 1.165) is 83.5 Å². The van der Waals surface area contributed by atoms with E-state index < -0.39 is 28.0 Å². The third-order valence-corrected chi connectivity index (χ3v) is 9.25. The first-order chi connectivity index (χ1) is 25.3. The van der Waals surface area contributed by atoms with E-state index in [0.29, 0.717) is 12.8 Å². The molecule has 0 saturated heterocycles. The van der Waals surface area contributed by atoms with Gasteiger partial charge in [-0.2, -0.15) is 8.42 Å². The fraction of sp³-hybridized carbons (Fsp3) is 0.622. The van der Waals surface area contributed by atoms with Crippen molar-refractivity contribution in [1.82, 2.24) is 5.32 Å². The molecule has 0 aromatic carbocycles. The molecular weight excluding hydrogens is 667 g/mol. The molecule has 0 aliphatic heterocycles. The number of unbranched alkanes of at least 4 members (excludes halogenated alkanes) is 13. The lowest BCUT2D eigenvalue weighted by atomic mass is 10.1. The smallest absolute Gasteiger partial charge is 0.267 e. The van der Waals surface area contributed by atoms with E-state index in [9.17, 15) is 22.9 Å². The number of carbonyl (C=O) groups excluding carboxylic acids is 1. The second-order valence-electron chi connectivity index (χ2n) is 13.5. The van der Waals surface area contributed by atoms with Gasteiger partial charge in [-0.25, -0.2) is 0 Å². The van der Waals surface area contributed by atoms with Crippen LogP contribution in [0.3, 0.4) is 0 Å². The summed E-state index contributed by atoms with van der Waals surface area (Å²) in [5, 5.41) is 13.2. The largest absolute Gasteiger partial charge is 0.387 e. The molecule has 0 radical (unpaired) electrons. The fourth-order valence-corrected chi connectivity index (χ4v) is 6.18. The van der Waals surface area contributed by atoms with Crippen LogP contribution in [-0.2, 0) is 14.9 Å². The minimum atomic E-state index is -4.37. The predicted molar refractivity (Wildman–Crippen MR) is 225 cm³/mol. The summed E-state index contributed by atoms with van der Waals surface area (Å²) in [5.74, 6) is -1.04. The Bertz CT molecular complexity index is 1180. The van der Waals surface area contributed by atoms with Gasteiger partial charge in [0.15, 0.2) is 0 Å². The molecule has 6 nitrogen and oxygen atoms in total. The van der Waals surface area contributed by atoms with Crippen molar-refractivity contribution in [3.05, 3.63) is 97.2 Å². The van der Waals surface area contributed by atoms with Crippen LogP contribution in [0.4, 0.5) is 0 Å². The van der Waals surface area contributed by atoms with Crippen LogP contribution in [0.15, 0.2) is 97.2 Å². The van der Waals surface area contributed by atoms with Crippen LogP contribution >= 0.6 is 0 Å². The summed E-state index contributed by atoms with van der Waals surface area (Å²) in [6.07, 6.45) is 56.7. The van der Waals surface area contributed by atoms with Gasteiger partial charge < -0.3 is 10.4 Å². The van der Waals surface area contributed by atoms with Crippen molar-refractivity contribution in [2.75, 3.05) is 5.75 Å². The minimum Gasteiger partial charge on any atom is -0.387 e. The number of hydrogen-bond acceptors (Lipinski definition) is 4. The first-order valence-electron chi connectivity index (χ1n) is 20.4. The zero-order chi connectivity index (χ0) is 38.2. The summed E-state index contributed by atoms with van der Waals surface area (Å²) in [6, 6.07) is -1.09. The Morgan fingerprint density at radius 1 is 0.538 bits per heavy atom. The molecule has 0 aliphatic carbocycles. The SMILES string of the molecule is CC/C=C\C/C=C\C/C=C\C/C=C\C/C=C\CCCCCCCCCC(=O)NC(CS(=O)(=O)O)C(O)/C=C/CC/C=C/CC/C=C/CCCCCC. The van der Waals surface area contributed by atoms with Crippen LogP contribution in [-0.4, -0.2) is 41.9 Å². The average Bonchev–Trinajstić information content (AvgIpc) is 3.11. The molecule has 0 saturated carbocycles. The lowest BCUT2D eigenvalue weighted by molar-refractivity contribution is -0.122. The van der Waals surface area contributed by atoms with Crippen molar-refractivity contribution in [3.8, 4) is 0 Å². The standard InChI is InChI=1S/C45H75NO5S/c1-3-5-7-9-11-13-15-17-19-20-21-22-23-24-25-26-27-29-31-33-35-37-39-41-45(48)46-43(42-52(49,50)51)44(47)40-38-36-34-32-30-28-18-16-14-12-10-8-6-4-2/h5,7,11,13-14,16-17,19,21-22,24-25,30,32,38,40,43-44,47H,3-4,6,8-10,12,15,18,20,23,26-29,31,33-37,39,41-42H2,1-2H3,(H,46,48)(H,49,50,51)/b7-5-,13-11-,16-14+,19-17-,22-21-,25-24-,32-30+,40-38+. The normalized spacial score (nSPS) is 14.3. The average molecular weight is 742 g/mol. The van der Waals surface area contributed by atoms with E-state index in [2.05, 4.69) is 104 Å². The molecule has 0 aromatic rings. The van der Waals surface area contributed by atoms with Crippen molar-refractivity contribution < 1.29 is 22.9 Å². The van der Waals surface area contributed by atoms with E-state index >= 15 is 0 Å². The van der Waals surface area contributed by atoms with E-state index in [-0.39, 0.29) is 12.3 Å². The molecule has 1 amide bonds. The van der Waals surface area contributed by atoms with Gasteiger partial charge in [-0.15, -0.1) is 0 Å². The Hall–Kier alpha value is -2.74. The maximum atomic E-state index is 12.5. The maximum absolute atomic E-state index is 12.5. The number of carbonyl (C=O) groups is 1. The van der Waals surface area contributed by atoms with E-state index in [1.807, 2.05) is 0 Å². The van der Waals surface area contributed by atoms with Crippen molar-refractivity contribution in [1.29, 1.82) is 0 Å². The number of rotatable bonds is 35. The quantitative estimate of drug-likeness (QED) is 0.0341. The lowest BCUT2D eigenvalue weighted by Gasteiger charge is -2.21. The molecule has 7 heteroatoms. The van der Waals surface area contributed by atoms with E-state index in [1.54, 1.807) is 6.08 Å². The van der Waals surface area contributed by atoms with Crippen molar-refractivity contribution in [3.63, 3.8) is 0 Å². The monoisotopic (exact) mass is 742 g/mol. The number of nitrogens with one attached hydrogen (secondary N) is 1. The molecule has 296 valence electrons. The van der Waals surface area contributed by atoms with Crippen molar-refractivity contribution in [2.24, 2.45) is 0 Å². The lowest BCUT2D eigenvalue weighted by Crippen LogP contribution is -2.46. The van der Waals surface area contributed by atoms with Crippen LogP contribution < -0.4 is 5.32 Å². The third-order valence-electron chi connectivity index (χ3n) is 8.47. The molecule has 0 aromatic heterocycles. The maximum Gasteiger partial charge on any atom is 0.267 e. The van der Waals surface area contributed by atoms with Crippen LogP contribution in [0.5, 0.6) is 0 Å². The molecule has 0 rings (SSSR count). The number of aliphatic hydroxyl groups excluding tert-OH is 1. The van der Waals surface area contributed by atoms with E-state index in [4.69, 9.17) is 0 Å². The molecule has 2 unspecified atom stereocenters. The predicted octanol–water partition coefficient (Wildman–Crippen LogP) is 12.2. The first-order valence-corrected chi connectivity index (χ1v) is 22.0. The van der Waals surface area contributed by atoms with Gasteiger partial charge in [0.05, 0.1) is 17.9 Å². The Labute approximate surface area is 319 Å². The van der Waals surface area contributed by atoms with Gasteiger partial charge in [0, 0.05) is 6.42 Å². The number of allylic oxidation sites excluding steroid dienone is 15. The zero-order valence-corrected chi connectivity index (χ0v) is 33.7. The van der Waals surface area contributed by atoms with Gasteiger partial charge in [-0.1, -0.05) is 162 Å². The Morgan fingerprint density at radius 2 is 0.942 bits per heavy atom. The minimum absolute atomic E-state index is 0.265. The van der Waals surface area contributed by atoms with Gasteiger partial charge in [0.25, 0.3) is 10.1 Å².